The lowest BCUT2D eigenvalue weighted by molar-refractivity contribution is -0.132. The van der Waals surface area contributed by atoms with E-state index < -0.39 is 0 Å². The van der Waals surface area contributed by atoms with Crippen LogP contribution in [-0.4, -0.2) is 29.9 Å². The zero-order valence-electron chi connectivity index (χ0n) is 11.2. The minimum absolute atomic E-state index is 0.185. The number of hydrogen-bond donors (Lipinski definition) is 1. The molecule has 0 unspecified atom stereocenters. The van der Waals surface area contributed by atoms with E-state index in [1.165, 1.54) is 9.75 Å². The van der Waals surface area contributed by atoms with Gasteiger partial charge in [0.15, 0.2) is 0 Å². The van der Waals surface area contributed by atoms with Crippen LogP contribution in [0, 0.1) is 12.8 Å². The summed E-state index contributed by atoms with van der Waals surface area (Å²) < 4.78 is 0. The van der Waals surface area contributed by atoms with Gasteiger partial charge in [0.25, 0.3) is 0 Å². The predicted molar refractivity (Wildman–Crippen MR) is 75.7 cm³/mol. The van der Waals surface area contributed by atoms with E-state index >= 15 is 0 Å². The molecule has 2 heterocycles. The summed E-state index contributed by atoms with van der Waals surface area (Å²) in [5, 5.41) is 0. The molecule has 0 bridgehead atoms. The van der Waals surface area contributed by atoms with Crippen LogP contribution in [0.1, 0.15) is 29.5 Å². The smallest absolute Gasteiger partial charge is 0.227 e. The zero-order chi connectivity index (χ0) is 13.1. The van der Waals surface area contributed by atoms with Crippen LogP contribution < -0.4 is 5.73 Å². The summed E-state index contributed by atoms with van der Waals surface area (Å²) in [4.78, 5) is 16.7. The Kier molecular flexibility index (Phi) is 4.40. The van der Waals surface area contributed by atoms with Crippen LogP contribution in [0.25, 0.3) is 0 Å². The van der Waals surface area contributed by atoms with Crippen molar-refractivity contribution in [2.45, 2.75) is 39.2 Å². The minimum atomic E-state index is 0.185. The Bertz CT molecular complexity index is 414. The second-order valence-corrected chi connectivity index (χ2v) is 6.66. The molecule has 0 spiro atoms. The maximum atomic E-state index is 12.2. The van der Waals surface area contributed by atoms with Gasteiger partial charge in [-0.15, -0.1) is 11.3 Å². The van der Waals surface area contributed by atoms with Crippen molar-refractivity contribution in [2.75, 3.05) is 13.1 Å². The zero-order valence-corrected chi connectivity index (χ0v) is 12.0. The molecule has 0 aromatic carbocycles. The number of nitrogens with zero attached hydrogens (tertiary/aromatic N) is 1. The van der Waals surface area contributed by atoms with Crippen LogP contribution in [0.3, 0.4) is 0 Å². The SMILES string of the molecule is Cc1ccc(CC(=O)N2CCC[C@H]([C@@H](C)N)C2)s1. The molecule has 1 aliphatic heterocycles. The molecule has 1 aromatic rings. The summed E-state index contributed by atoms with van der Waals surface area (Å²) in [6.07, 6.45) is 2.78. The maximum Gasteiger partial charge on any atom is 0.227 e. The van der Waals surface area contributed by atoms with Gasteiger partial charge in [-0.3, -0.25) is 4.79 Å². The highest BCUT2D eigenvalue weighted by Crippen LogP contribution is 2.21. The number of carbonyl (C=O) groups excluding carboxylic acids is 1. The maximum absolute atomic E-state index is 12.2. The Balaban J connectivity index is 1.92. The number of piperidine rings is 1. The van der Waals surface area contributed by atoms with Crippen LogP contribution in [0.2, 0.25) is 0 Å². The molecule has 1 saturated heterocycles. The Labute approximate surface area is 113 Å². The van der Waals surface area contributed by atoms with E-state index in [9.17, 15) is 4.79 Å². The third-order valence-corrected chi connectivity index (χ3v) is 4.68. The largest absolute Gasteiger partial charge is 0.342 e. The van der Waals surface area contributed by atoms with Crippen molar-refractivity contribution in [3.8, 4) is 0 Å². The number of hydrogen-bond acceptors (Lipinski definition) is 3. The van der Waals surface area contributed by atoms with E-state index in [0.29, 0.717) is 12.3 Å². The number of thiophene rings is 1. The molecule has 1 amide bonds. The monoisotopic (exact) mass is 266 g/mol. The van der Waals surface area contributed by atoms with Crippen LogP contribution >= 0.6 is 11.3 Å². The molecule has 2 atom stereocenters. The van der Waals surface area contributed by atoms with Gasteiger partial charge < -0.3 is 10.6 Å². The molecule has 2 N–H and O–H groups in total. The van der Waals surface area contributed by atoms with Gasteiger partial charge >= 0.3 is 0 Å². The van der Waals surface area contributed by atoms with Crippen LogP contribution in [0.5, 0.6) is 0 Å². The lowest BCUT2D eigenvalue weighted by atomic mass is 9.92. The second-order valence-electron chi connectivity index (χ2n) is 5.29. The quantitative estimate of drug-likeness (QED) is 0.911. The lowest BCUT2D eigenvalue weighted by Gasteiger charge is -2.34. The fourth-order valence-electron chi connectivity index (χ4n) is 2.51. The molecule has 18 heavy (non-hydrogen) atoms. The molecule has 1 aliphatic rings. The Morgan fingerprint density at radius 2 is 2.39 bits per heavy atom. The Morgan fingerprint density at radius 3 is 3.00 bits per heavy atom. The van der Waals surface area contributed by atoms with Gasteiger partial charge in [-0.05, 0) is 44.7 Å². The lowest BCUT2D eigenvalue weighted by Crippen LogP contribution is -2.45. The van der Waals surface area contributed by atoms with E-state index in [0.717, 1.165) is 25.9 Å². The van der Waals surface area contributed by atoms with Crippen molar-refractivity contribution >= 4 is 17.2 Å². The minimum Gasteiger partial charge on any atom is -0.342 e. The first-order valence-electron chi connectivity index (χ1n) is 6.65. The van der Waals surface area contributed by atoms with Gasteiger partial charge in [0, 0.05) is 28.9 Å². The van der Waals surface area contributed by atoms with Gasteiger partial charge in [0.05, 0.1) is 6.42 Å². The van der Waals surface area contributed by atoms with E-state index in [1.54, 1.807) is 11.3 Å². The average molecular weight is 266 g/mol. The Morgan fingerprint density at radius 1 is 1.61 bits per heavy atom. The number of rotatable bonds is 3. The Hall–Kier alpha value is -0.870. The molecule has 100 valence electrons. The van der Waals surface area contributed by atoms with Crippen molar-refractivity contribution in [3.63, 3.8) is 0 Å². The molecule has 0 aliphatic carbocycles. The topological polar surface area (TPSA) is 46.3 Å². The molecular weight excluding hydrogens is 244 g/mol. The number of amides is 1. The first-order valence-corrected chi connectivity index (χ1v) is 7.46. The summed E-state index contributed by atoms with van der Waals surface area (Å²) in [6, 6.07) is 4.32. The van der Waals surface area contributed by atoms with Crippen molar-refractivity contribution in [1.29, 1.82) is 0 Å². The van der Waals surface area contributed by atoms with Crippen molar-refractivity contribution < 1.29 is 4.79 Å². The van der Waals surface area contributed by atoms with Crippen LogP contribution in [0.4, 0.5) is 0 Å². The molecule has 2 rings (SSSR count). The summed E-state index contributed by atoms with van der Waals surface area (Å²) in [5.41, 5.74) is 5.95. The fourth-order valence-corrected chi connectivity index (χ4v) is 3.39. The van der Waals surface area contributed by atoms with E-state index in [1.807, 2.05) is 11.8 Å². The van der Waals surface area contributed by atoms with Gasteiger partial charge in [0.1, 0.15) is 0 Å². The summed E-state index contributed by atoms with van der Waals surface area (Å²) in [6.45, 7) is 5.85. The second kappa shape index (κ2) is 5.85. The first kappa shape index (κ1) is 13.6. The van der Waals surface area contributed by atoms with Gasteiger partial charge in [-0.1, -0.05) is 0 Å². The number of aryl methyl sites for hydroxylation is 1. The average Bonchev–Trinajstić information content (AvgIpc) is 2.75. The highest BCUT2D eigenvalue weighted by atomic mass is 32.1. The van der Waals surface area contributed by atoms with E-state index in [2.05, 4.69) is 19.1 Å². The molecule has 1 fully saturated rings. The third kappa shape index (κ3) is 3.33. The third-order valence-electron chi connectivity index (χ3n) is 3.68. The van der Waals surface area contributed by atoms with Crippen LogP contribution in [0.15, 0.2) is 12.1 Å². The van der Waals surface area contributed by atoms with Gasteiger partial charge in [0.2, 0.25) is 5.91 Å². The summed E-state index contributed by atoms with van der Waals surface area (Å²) in [7, 11) is 0. The van der Waals surface area contributed by atoms with E-state index in [4.69, 9.17) is 5.73 Å². The van der Waals surface area contributed by atoms with Gasteiger partial charge in [-0.25, -0.2) is 0 Å². The predicted octanol–water partition coefficient (Wildman–Crippen LogP) is 2.18. The highest BCUT2D eigenvalue weighted by molar-refractivity contribution is 7.12. The molecule has 0 saturated carbocycles. The van der Waals surface area contributed by atoms with E-state index in [-0.39, 0.29) is 11.9 Å². The van der Waals surface area contributed by atoms with Gasteiger partial charge in [-0.2, -0.15) is 0 Å². The highest BCUT2D eigenvalue weighted by Gasteiger charge is 2.25. The normalized spacial score (nSPS) is 21.9. The standard InChI is InChI=1S/C14H22N2OS/c1-10-5-6-13(18-10)8-14(17)16-7-3-4-12(9-16)11(2)15/h5-6,11-12H,3-4,7-9,15H2,1-2H3/t11-,12+/m1/s1. The van der Waals surface area contributed by atoms with Crippen molar-refractivity contribution in [2.24, 2.45) is 11.7 Å². The van der Waals surface area contributed by atoms with Crippen LogP contribution in [-0.2, 0) is 11.2 Å². The summed E-state index contributed by atoms with van der Waals surface area (Å²) in [5.74, 6) is 0.718. The number of nitrogens with two attached hydrogens (primary N) is 1. The summed E-state index contributed by atoms with van der Waals surface area (Å²) >= 11 is 1.71. The molecule has 3 nitrogen and oxygen atoms in total. The number of carbonyl (C=O) groups is 1. The van der Waals surface area contributed by atoms with Crippen molar-refractivity contribution in [1.82, 2.24) is 4.90 Å². The molecule has 0 radical (unpaired) electrons. The first-order chi connectivity index (χ1) is 8.56. The number of likely N-dealkylation sites (tertiary alicyclic amines) is 1. The molecule has 1 aromatic heterocycles. The van der Waals surface area contributed by atoms with Crippen molar-refractivity contribution in [3.05, 3.63) is 21.9 Å². The molecule has 4 heteroatoms. The fraction of sp³-hybridized carbons (Fsp3) is 0.643. The molecular formula is C14H22N2OS.